The number of ether oxygens (including phenoxy) is 1. The molecule has 2 aromatic rings. The first-order valence-corrected chi connectivity index (χ1v) is 7.99. The molecule has 0 heterocycles. The normalized spacial score (nSPS) is 15.0. The number of halogens is 1. The molecule has 0 radical (unpaired) electrons. The molecule has 23 heavy (non-hydrogen) atoms. The van der Waals surface area contributed by atoms with Gasteiger partial charge in [-0.15, -0.1) is 0 Å². The summed E-state index contributed by atoms with van der Waals surface area (Å²) in [6, 6.07) is 16.5. The van der Waals surface area contributed by atoms with Crippen molar-refractivity contribution in [3.8, 4) is 0 Å². The van der Waals surface area contributed by atoms with E-state index in [1.807, 2.05) is 30.3 Å². The first-order valence-electron chi connectivity index (χ1n) is 7.62. The lowest BCUT2D eigenvalue weighted by Gasteiger charge is -2.22. The SMILES string of the molecule is C[C@H](OCc1ccccc1)C(=O)[C@H](C)[C@@H](O)c1ccc(Cl)cc1. The first-order chi connectivity index (χ1) is 11.0. The molecule has 0 amide bonds. The Morgan fingerprint density at radius 2 is 1.70 bits per heavy atom. The number of hydrogen-bond donors (Lipinski definition) is 1. The number of carbonyl (C=O) groups excluding carboxylic acids is 1. The summed E-state index contributed by atoms with van der Waals surface area (Å²) in [6.07, 6.45) is -1.45. The Bertz CT molecular complexity index is 625. The van der Waals surface area contributed by atoms with Gasteiger partial charge in [-0.1, -0.05) is 61.0 Å². The fourth-order valence-electron chi connectivity index (χ4n) is 2.35. The molecule has 0 saturated heterocycles. The van der Waals surface area contributed by atoms with Crippen molar-refractivity contribution in [3.05, 3.63) is 70.7 Å². The fraction of sp³-hybridized carbons (Fsp3) is 0.316. The highest BCUT2D eigenvalue weighted by Gasteiger charge is 2.27. The third-order valence-electron chi connectivity index (χ3n) is 3.88. The highest BCUT2D eigenvalue weighted by molar-refractivity contribution is 6.30. The van der Waals surface area contributed by atoms with E-state index < -0.39 is 18.1 Å². The number of hydrogen-bond acceptors (Lipinski definition) is 3. The number of aliphatic hydroxyl groups excluding tert-OH is 1. The highest BCUT2D eigenvalue weighted by atomic mass is 35.5. The second-order valence-electron chi connectivity index (χ2n) is 5.63. The number of carbonyl (C=O) groups is 1. The molecule has 0 unspecified atom stereocenters. The van der Waals surface area contributed by atoms with Crippen molar-refractivity contribution >= 4 is 17.4 Å². The molecule has 0 aliphatic carbocycles. The molecule has 122 valence electrons. The van der Waals surface area contributed by atoms with E-state index in [1.165, 1.54) is 0 Å². The average molecular weight is 333 g/mol. The van der Waals surface area contributed by atoms with Gasteiger partial charge in [0.05, 0.1) is 12.7 Å². The Kier molecular flexibility index (Phi) is 6.34. The lowest BCUT2D eigenvalue weighted by molar-refractivity contribution is -0.137. The summed E-state index contributed by atoms with van der Waals surface area (Å²) >= 11 is 5.84. The number of rotatable bonds is 7. The minimum Gasteiger partial charge on any atom is -0.388 e. The lowest BCUT2D eigenvalue weighted by atomic mass is 9.91. The van der Waals surface area contributed by atoms with Crippen LogP contribution < -0.4 is 0 Å². The van der Waals surface area contributed by atoms with Crippen molar-refractivity contribution in [2.75, 3.05) is 0 Å². The maximum Gasteiger partial charge on any atom is 0.166 e. The van der Waals surface area contributed by atoms with Crippen molar-refractivity contribution in [2.45, 2.75) is 32.7 Å². The van der Waals surface area contributed by atoms with E-state index in [9.17, 15) is 9.90 Å². The van der Waals surface area contributed by atoms with Crippen molar-refractivity contribution in [2.24, 2.45) is 5.92 Å². The van der Waals surface area contributed by atoms with Gasteiger partial charge in [-0.3, -0.25) is 4.79 Å². The van der Waals surface area contributed by atoms with E-state index in [1.54, 1.807) is 38.1 Å². The topological polar surface area (TPSA) is 46.5 Å². The largest absolute Gasteiger partial charge is 0.388 e. The predicted octanol–water partition coefficient (Wildman–Crippen LogP) is 4.18. The molecule has 0 aliphatic rings. The van der Waals surface area contributed by atoms with Gasteiger partial charge in [0.25, 0.3) is 0 Å². The summed E-state index contributed by atoms with van der Waals surface area (Å²) in [4.78, 5) is 12.4. The summed E-state index contributed by atoms with van der Waals surface area (Å²) in [5.74, 6) is -0.676. The molecule has 1 N–H and O–H groups in total. The highest BCUT2D eigenvalue weighted by Crippen LogP contribution is 2.25. The molecule has 3 atom stereocenters. The van der Waals surface area contributed by atoms with E-state index in [0.29, 0.717) is 17.2 Å². The molecule has 0 saturated carbocycles. The van der Waals surface area contributed by atoms with Crippen LogP contribution in [-0.4, -0.2) is 17.0 Å². The lowest BCUT2D eigenvalue weighted by Crippen LogP contribution is -2.30. The van der Waals surface area contributed by atoms with Crippen LogP contribution in [0.2, 0.25) is 5.02 Å². The zero-order chi connectivity index (χ0) is 16.8. The number of aliphatic hydroxyl groups is 1. The summed E-state index contributed by atoms with van der Waals surface area (Å²) in [7, 11) is 0. The van der Waals surface area contributed by atoms with Crippen LogP contribution in [-0.2, 0) is 16.1 Å². The van der Waals surface area contributed by atoms with E-state index in [4.69, 9.17) is 16.3 Å². The van der Waals surface area contributed by atoms with Crippen LogP contribution in [0.5, 0.6) is 0 Å². The monoisotopic (exact) mass is 332 g/mol. The van der Waals surface area contributed by atoms with Crippen LogP contribution in [0.25, 0.3) is 0 Å². The Morgan fingerprint density at radius 3 is 2.30 bits per heavy atom. The zero-order valence-electron chi connectivity index (χ0n) is 13.3. The van der Waals surface area contributed by atoms with Gasteiger partial charge in [0.2, 0.25) is 0 Å². The van der Waals surface area contributed by atoms with Crippen molar-refractivity contribution < 1.29 is 14.6 Å². The quantitative estimate of drug-likeness (QED) is 0.827. The molecule has 0 aromatic heterocycles. The number of Topliss-reactive ketones (excluding diaryl/α,β-unsaturated/α-hetero) is 1. The molecular weight excluding hydrogens is 312 g/mol. The van der Waals surface area contributed by atoms with Crippen LogP contribution in [0.3, 0.4) is 0 Å². The summed E-state index contributed by atoms with van der Waals surface area (Å²) in [6.45, 7) is 3.80. The van der Waals surface area contributed by atoms with Crippen LogP contribution in [0.1, 0.15) is 31.1 Å². The summed E-state index contributed by atoms with van der Waals surface area (Å²) in [5, 5.41) is 11.0. The van der Waals surface area contributed by atoms with Gasteiger partial charge in [-0.2, -0.15) is 0 Å². The van der Waals surface area contributed by atoms with E-state index >= 15 is 0 Å². The summed E-state index contributed by atoms with van der Waals surface area (Å²) in [5.41, 5.74) is 1.68. The van der Waals surface area contributed by atoms with Gasteiger partial charge in [-0.25, -0.2) is 0 Å². The molecule has 3 nitrogen and oxygen atoms in total. The van der Waals surface area contributed by atoms with Gasteiger partial charge < -0.3 is 9.84 Å². The predicted molar refractivity (Wildman–Crippen MR) is 91.3 cm³/mol. The molecule has 0 fully saturated rings. The van der Waals surface area contributed by atoms with Crippen molar-refractivity contribution in [1.29, 1.82) is 0 Å². The molecular formula is C19H21ClO3. The Hall–Kier alpha value is -1.68. The molecule has 0 aliphatic heterocycles. The fourth-order valence-corrected chi connectivity index (χ4v) is 2.48. The molecule has 0 spiro atoms. The maximum absolute atomic E-state index is 12.4. The standard InChI is InChI=1S/C19H21ClO3/c1-13(19(22)16-8-10-17(20)11-9-16)18(21)14(2)23-12-15-6-4-3-5-7-15/h3-11,13-14,19,22H,12H2,1-2H3/t13-,14-,19+/m0/s1. The molecule has 4 heteroatoms. The number of benzene rings is 2. The first kappa shape index (κ1) is 17.7. The van der Waals surface area contributed by atoms with E-state index in [-0.39, 0.29) is 5.78 Å². The Balaban J connectivity index is 1.93. The van der Waals surface area contributed by atoms with Crippen molar-refractivity contribution in [1.82, 2.24) is 0 Å². The van der Waals surface area contributed by atoms with E-state index in [0.717, 1.165) is 5.56 Å². The molecule has 2 aromatic carbocycles. The van der Waals surface area contributed by atoms with Crippen molar-refractivity contribution in [3.63, 3.8) is 0 Å². The second-order valence-corrected chi connectivity index (χ2v) is 6.06. The smallest absolute Gasteiger partial charge is 0.166 e. The summed E-state index contributed by atoms with van der Waals surface area (Å²) < 4.78 is 5.63. The van der Waals surface area contributed by atoms with Crippen LogP contribution in [0.4, 0.5) is 0 Å². The van der Waals surface area contributed by atoms with Crippen LogP contribution in [0.15, 0.2) is 54.6 Å². The third kappa shape index (κ3) is 4.90. The average Bonchev–Trinajstić information content (AvgIpc) is 2.59. The van der Waals surface area contributed by atoms with Crippen LogP contribution >= 0.6 is 11.6 Å². The minimum absolute atomic E-state index is 0.122. The van der Waals surface area contributed by atoms with E-state index in [2.05, 4.69) is 0 Å². The van der Waals surface area contributed by atoms with Gasteiger partial charge in [0, 0.05) is 10.9 Å². The number of ketones is 1. The van der Waals surface area contributed by atoms with Crippen LogP contribution in [0, 0.1) is 5.92 Å². The minimum atomic E-state index is -0.873. The maximum atomic E-state index is 12.4. The molecule has 2 rings (SSSR count). The third-order valence-corrected chi connectivity index (χ3v) is 4.13. The molecule has 0 bridgehead atoms. The van der Waals surface area contributed by atoms with Gasteiger partial charge in [-0.05, 0) is 30.2 Å². The van der Waals surface area contributed by atoms with Gasteiger partial charge in [0.15, 0.2) is 5.78 Å². The second kappa shape index (κ2) is 8.25. The van der Waals surface area contributed by atoms with Gasteiger partial charge in [0.1, 0.15) is 6.10 Å². The Morgan fingerprint density at radius 1 is 1.09 bits per heavy atom. The Labute approximate surface area is 141 Å². The zero-order valence-corrected chi connectivity index (χ0v) is 14.0. The van der Waals surface area contributed by atoms with Gasteiger partial charge >= 0.3 is 0 Å².